The lowest BCUT2D eigenvalue weighted by atomic mass is 10.1. The molecule has 1 saturated heterocycles. The molecule has 0 radical (unpaired) electrons. The molecule has 36 heavy (non-hydrogen) atoms. The quantitative estimate of drug-likeness (QED) is 0.540. The van der Waals surface area contributed by atoms with Gasteiger partial charge in [-0.05, 0) is 44.5 Å². The van der Waals surface area contributed by atoms with Crippen molar-refractivity contribution in [3.63, 3.8) is 0 Å². The van der Waals surface area contributed by atoms with E-state index in [0.29, 0.717) is 11.3 Å². The van der Waals surface area contributed by atoms with Gasteiger partial charge in [-0.1, -0.05) is 30.3 Å². The van der Waals surface area contributed by atoms with Crippen LogP contribution in [0, 0.1) is 5.82 Å². The fourth-order valence-corrected chi connectivity index (χ4v) is 5.08. The van der Waals surface area contributed by atoms with Crippen LogP contribution in [0.4, 0.5) is 14.9 Å². The molecule has 0 aromatic heterocycles. The first-order chi connectivity index (χ1) is 16.9. The molecule has 2 atom stereocenters. The monoisotopic (exact) mass is 516 g/mol. The van der Waals surface area contributed by atoms with E-state index in [1.165, 1.54) is 34.9 Å². The van der Waals surface area contributed by atoms with E-state index >= 15 is 0 Å². The minimum Gasteiger partial charge on any atom is -0.550 e. The summed E-state index contributed by atoms with van der Waals surface area (Å²) in [6.07, 6.45) is -0.314. The number of anilines is 1. The first kappa shape index (κ1) is 27.0. The van der Waals surface area contributed by atoms with Crippen LogP contribution >= 0.6 is 11.8 Å². The number of esters is 1. The van der Waals surface area contributed by atoms with Crippen molar-refractivity contribution in [2.24, 2.45) is 0 Å². The van der Waals surface area contributed by atoms with Gasteiger partial charge in [-0.15, -0.1) is 11.8 Å². The SMILES string of the molecule is CC(C)(C)OC(=O)C1CSC(c2ccccc2F)N1C(=O)CNC(=O)Nc1cccc(CC(=O)[O-])c1. The molecule has 0 saturated carbocycles. The second kappa shape index (κ2) is 11.4. The van der Waals surface area contributed by atoms with Crippen molar-refractivity contribution in [1.82, 2.24) is 10.2 Å². The third-order valence-electron chi connectivity index (χ3n) is 5.07. The summed E-state index contributed by atoms with van der Waals surface area (Å²) >= 11 is 1.23. The first-order valence-electron chi connectivity index (χ1n) is 11.2. The maximum absolute atomic E-state index is 14.6. The van der Waals surface area contributed by atoms with Crippen LogP contribution in [-0.2, 0) is 25.5 Å². The maximum atomic E-state index is 14.6. The highest BCUT2D eigenvalue weighted by Crippen LogP contribution is 2.42. The molecule has 1 aliphatic rings. The molecule has 9 nitrogen and oxygen atoms in total. The summed E-state index contributed by atoms with van der Waals surface area (Å²) in [4.78, 5) is 50.5. The molecular weight excluding hydrogens is 489 g/mol. The molecule has 3 amide bonds. The van der Waals surface area contributed by atoms with Crippen LogP contribution in [0.2, 0.25) is 0 Å². The zero-order valence-electron chi connectivity index (χ0n) is 20.1. The van der Waals surface area contributed by atoms with Crippen LogP contribution in [-0.4, -0.2) is 52.7 Å². The third-order valence-corrected chi connectivity index (χ3v) is 6.38. The first-order valence-corrected chi connectivity index (χ1v) is 12.2. The third kappa shape index (κ3) is 7.20. The highest BCUT2D eigenvalue weighted by atomic mass is 32.2. The van der Waals surface area contributed by atoms with Crippen molar-refractivity contribution in [3.8, 4) is 0 Å². The molecule has 1 heterocycles. The van der Waals surface area contributed by atoms with Crippen LogP contribution in [0.5, 0.6) is 0 Å². The van der Waals surface area contributed by atoms with Gasteiger partial charge in [-0.2, -0.15) is 0 Å². The molecule has 0 spiro atoms. The predicted molar refractivity (Wildman–Crippen MR) is 130 cm³/mol. The van der Waals surface area contributed by atoms with E-state index in [1.54, 1.807) is 51.1 Å². The molecule has 2 N–H and O–H groups in total. The predicted octanol–water partition coefficient (Wildman–Crippen LogP) is 2.22. The number of urea groups is 1. The van der Waals surface area contributed by atoms with E-state index in [4.69, 9.17) is 4.74 Å². The fraction of sp³-hybridized carbons (Fsp3) is 0.360. The van der Waals surface area contributed by atoms with E-state index in [-0.39, 0.29) is 17.7 Å². The van der Waals surface area contributed by atoms with Gasteiger partial charge in [-0.25, -0.2) is 14.0 Å². The number of carboxylic acids is 1. The Morgan fingerprint density at radius 3 is 2.53 bits per heavy atom. The van der Waals surface area contributed by atoms with Gasteiger partial charge in [0.1, 0.15) is 22.8 Å². The van der Waals surface area contributed by atoms with Crippen molar-refractivity contribution < 1.29 is 33.4 Å². The molecule has 0 bridgehead atoms. The van der Waals surface area contributed by atoms with Gasteiger partial charge in [0.05, 0.1) is 6.54 Å². The topological polar surface area (TPSA) is 128 Å². The van der Waals surface area contributed by atoms with E-state index in [1.807, 2.05) is 0 Å². The Balaban J connectivity index is 1.72. The molecule has 1 aliphatic heterocycles. The second-order valence-electron chi connectivity index (χ2n) is 9.11. The number of nitrogens with zero attached hydrogens (tertiary/aromatic N) is 1. The van der Waals surface area contributed by atoms with Crippen LogP contribution < -0.4 is 15.7 Å². The van der Waals surface area contributed by atoms with Crippen molar-refractivity contribution in [3.05, 3.63) is 65.5 Å². The van der Waals surface area contributed by atoms with E-state index in [2.05, 4.69) is 10.6 Å². The van der Waals surface area contributed by atoms with E-state index in [9.17, 15) is 28.7 Å². The Kier molecular flexibility index (Phi) is 8.57. The summed E-state index contributed by atoms with van der Waals surface area (Å²) in [5.41, 5.74) is 0.226. The van der Waals surface area contributed by atoms with Crippen molar-refractivity contribution in [2.45, 2.75) is 44.2 Å². The number of carboxylic acid groups (broad SMARTS) is 1. The summed E-state index contributed by atoms with van der Waals surface area (Å²) in [5.74, 6) is -2.77. The smallest absolute Gasteiger partial charge is 0.330 e. The Morgan fingerprint density at radius 2 is 1.86 bits per heavy atom. The molecule has 2 unspecified atom stereocenters. The van der Waals surface area contributed by atoms with Crippen LogP contribution in [0.3, 0.4) is 0 Å². The molecule has 2 aromatic rings. The number of hydrogen-bond acceptors (Lipinski definition) is 7. The molecule has 0 aliphatic carbocycles. The lowest BCUT2D eigenvalue weighted by Gasteiger charge is -2.30. The number of benzene rings is 2. The second-order valence-corrected chi connectivity index (χ2v) is 10.2. The molecule has 11 heteroatoms. The zero-order chi connectivity index (χ0) is 26.5. The van der Waals surface area contributed by atoms with Crippen molar-refractivity contribution in [1.29, 1.82) is 0 Å². The van der Waals surface area contributed by atoms with Gasteiger partial charge < -0.3 is 30.2 Å². The van der Waals surface area contributed by atoms with Gasteiger partial charge >= 0.3 is 12.0 Å². The van der Waals surface area contributed by atoms with Gasteiger partial charge in [-0.3, -0.25) is 4.79 Å². The Labute approximate surface area is 212 Å². The number of halogens is 1. The molecule has 2 aromatic carbocycles. The van der Waals surface area contributed by atoms with E-state index < -0.39 is 53.3 Å². The van der Waals surface area contributed by atoms with Crippen LogP contribution in [0.15, 0.2) is 48.5 Å². The van der Waals surface area contributed by atoms with Gasteiger partial charge in [0, 0.05) is 29.4 Å². The summed E-state index contributed by atoms with van der Waals surface area (Å²) in [7, 11) is 0. The number of thioether (sulfide) groups is 1. The van der Waals surface area contributed by atoms with Gasteiger partial charge in [0.2, 0.25) is 5.91 Å². The Morgan fingerprint density at radius 1 is 1.14 bits per heavy atom. The van der Waals surface area contributed by atoms with Crippen LogP contribution in [0.1, 0.15) is 37.3 Å². The molecular formula is C25H27FN3O6S-. The number of hydrogen-bond donors (Lipinski definition) is 2. The largest absolute Gasteiger partial charge is 0.550 e. The van der Waals surface area contributed by atoms with E-state index in [0.717, 1.165) is 0 Å². The normalized spacial score (nSPS) is 17.4. The molecule has 192 valence electrons. The number of carbonyl (C=O) groups is 4. The number of aliphatic carboxylic acids is 1. The highest BCUT2D eigenvalue weighted by Gasteiger charge is 2.44. The lowest BCUT2D eigenvalue weighted by molar-refractivity contribution is -0.304. The van der Waals surface area contributed by atoms with Crippen molar-refractivity contribution in [2.75, 3.05) is 17.6 Å². The lowest BCUT2D eigenvalue weighted by Crippen LogP contribution is -2.49. The number of amides is 3. The average Bonchev–Trinajstić information content (AvgIpc) is 3.22. The summed E-state index contributed by atoms with van der Waals surface area (Å²) in [5, 5.41) is 15.0. The maximum Gasteiger partial charge on any atom is 0.330 e. The standard InChI is InChI=1S/C25H28FN3O6S/c1-25(2,3)35-23(33)19-14-36-22(17-9-4-5-10-18(17)26)29(19)20(30)13-27-24(34)28-16-8-6-7-15(11-16)12-21(31)32/h4-11,19,22H,12-14H2,1-3H3,(H,31,32)(H2,27,28,34)/p-1. The number of carbonyl (C=O) groups excluding carboxylic acids is 4. The molecule has 3 rings (SSSR count). The number of ether oxygens (including phenoxy) is 1. The average molecular weight is 517 g/mol. The Hall–Kier alpha value is -3.60. The Bertz CT molecular complexity index is 1150. The minimum atomic E-state index is -1.25. The highest BCUT2D eigenvalue weighted by molar-refractivity contribution is 7.99. The number of nitrogens with one attached hydrogen (secondary N) is 2. The summed E-state index contributed by atoms with van der Waals surface area (Å²) in [6, 6.07) is 10.5. The number of rotatable bonds is 7. The van der Waals surface area contributed by atoms with Crippen molar-refractivity contribution >= 4 is 41.3 Å². The summed E-state index contributed by atoms with van der Waals surface area (Å²) in [6.45, 7) is 4.67. The fourth-order valence-electron chi connectivity index (χ4n) is 3.63. The van der Waals surface area contributed by atoms with Gasteiger partial charge in [0.15, 0.2) is 0 Å². The van der Waals surface area contributed by atoms with Crippen LogP contribution in [0.25, 0.3) is 0 Å². The minimum absolute atomic E-state index is 0.205. The molecule has 1 fully saturated rings. The van der Waals surface area contributed by atoms with Gasteiger partial charge in [0.25, 0.3) is 0 Å². The zero-order valence-corrected chi connectivity index (χ0v) is 20.9. The summed E-state index contributed by atoms with van der Waals surface area (Å²) < 4.78 is 20.0.